The highest BCUT2D eigenvalue weighted by atomic mass is 32.1. The van der Waals surface area contributed by atoms with Crippen molar-refractivity contribution < 1.29 is 4.39 Å². The van der Waals surface area contributed by atoms with E-state index in [9.17, 15) is 9.18 Å². The monoisotopic (exact) mass is 369 g/mol. The molecule has 0 radical (unpaired) electrons. The molecule has 0 spiro atoms. The molecule has 1 heterocycles. The van der Waals surface area contributed by atoms with E-state index in [2.05, 4.69) is 10.3 Å². The highest BCUT2D eigenvalue weighted by molar-refractivity contribution is 7.80. The number of aromatic nitrogens is 1. The number of aryl methyl sites for hydroxylation is 1. The molecule has 0 atom stereocenters. The Balaban J connectivity index is 1.91. The lowest BCUT2D eigenvalue weighted by atomic mass is 10.1. The molecule has 0 amide bonds. The first kappa shape index (κ1) is 18.1. The van der Waals surface area contributed by atoms with Crippen LogP contribution in [0.2, 0.25) is 0 Å². The second-order valence-corrected chi connectivity index (χ2v) is 6.64. The molecular formula is C20H20FN3OS. The molecule has 2 N–H and O–H groups in total. The lowest BCUT2D eigenvalue weighted by Crippen LogP contribution is -2.38. The summed E-state index contributed by atoms with van der Waals surface area (Å²) < 4.78 is 13.1. The van der Waals surface area contributed by atoms with Crippen LogP contribution in [0.1, 0.15) is 16.7 Å². The molecule has 1 aromatic heterocycles. The van der Waals surface area contributed by atoms with Gasteiger partial charge in [-0.2, -0.15) is 0 Å². The van der Waals surface area contributed by atoms with Crippen molar-refractivity contribution in [3.63, 3.8) is 0 Å². The zero-order valence-corrected chi connectivity index (χ0v) is 15.5. The number of hydrogen-bond acceptors (Lipinski definition) is 2. The van der Waals surface area contributed by atoms with Gasteiger partial charge in [-0.3, -0.25) is 4.79 Å². The second kappa shape index (κ2) is 7.66. The minimum absolute atomic E-state index is 0.133. The average molecular weight is 369 g/mol. The van der Waals surface area contributed by atoms with Crippen LogP contribution < -0.4 is 10.9 Å². The van der Waals surface area contributed by atoms with Crippen LogP contribution in [0.3, 0.4) is 0 Å². The average Bonchev–Trinajstić information content (AvgIpc) is 2.63. The number of nitrogens with one attached hydrogen (secondary N) is 2. The summed E-state index contributed by atoms with van der Waals surface area (Å²) in [7, 11) is 1.74. The van der Waals surface area contributed by atoms with Crippen molar-refractivity contribution in [1.29, 1.82) is 0 Å². The largest absolute Gasteiger partial charge is 0.366 e. The van der Waals surface area contributed by atoms with Crippen LogP contribution in [0.15, 0.2) is 53.3 Å². The third kappa shape index (κ3) is 4.08. The molecule has 3 rings (SSSR count). The van der Waals surface area contributed by atoms with Crippen molar-refractivity contribution in [1.82, 2.24) is 15.2 Å². The van der Waals surface area contributed by atoms with E-state index in [0.717, 1.165) is 22.0 Å². The number of fused-ring (bicyclic) bond motifs is 1. The van der Waals surface area contributed by atoms with E-state index in [0.29, 0.717) is 23.8 Å². The Kier molecular flexibility index (Phi) is 5.32. The SMILES string of the molecule is CNC(=S)N(Cc1ccc(F)cc1)Cc1cc2ccc(C)cc2[nH]c1=O. The van der Waals surface area contributed by atoms with Gasteiger partial charge in [-0.15, -0.1) is 0 Å². The van der Waals surface area contributed by atoms with E-state index >= 15 is 0 Å². The first-order valence-corrected chi connectivity index (χ1v) is 8.71. The fourth-order valence-electron chi connectivity index (χ4n) is 2.85. The van der Waals surface area contributed by atoms with E-state index in [1.54, 1.807) is 19.2 Å². The van der Waals surface area contributed by atoms with Gasteiger partial charge in [0.2, 0.25) is 0 Å². The van der Waals surface area contributed by atoms with Gasteiger partial charge in [0, 0.05) is 24.7 Å². The molecule has 0 saturated heterocycles. The number of thiocarbonyl (C=S) groups is 1. The Labute approximate surface area is 156 Å². The molecule has 0 saturated carbocycles. The fraction of sp³-hybridized carbons (Fsp3) is 0.200. The summed E-state index contributed by atoms with van der Waals surface area (Å²) in [5.41, 5.74) is 3.32. The number of H-pyrrole nitrogens is 1. The number of hydrogen-bond donors (Lipinski definition) is 2. The molecule has 0 aliphatic heterocycles. The summed E-state index contributed by atoms with van der Waals surface area (Å²) in [6.07, 6.45) is 0. The van der Waals surface area contributed by atoms with Gasteiger partial charge in [0.15, 0.2) is 5.11 Å². The normalized spacial score (nSPS) is 10.7. The highest BCUT2D eigenvalue weighted by Crippen LogP contribution is 2.15. The first-order valence-electron chi connectivity index (χ1n) is 8.30. The molecule has 26 heavy (non-hydrogen) atoms. The lowest BCUT2D eigenvalue weighted by molar-refractivity contribution is 0.400. The van der Waals surface area contributed by atoms with Crippen molar-refractivity contribution in [2.75, 3.05) is 7.05 Å². The summed E-state index contributed by atoms with van der Waals surface area (Å²) in [4.78, 5) is 17.3. The molecule has 0 aliphatic carbocycles. The smallest absolute Gasteiger partial charge is 0.253 e. The van der Waals surface area contributed by atoms with Crippen molar-refractivity contribution in [2.24, 2.45) is 0 Å². The molecule has 2 aromatic carbocycles. The van der Waals surface area contributed by atoms with Gasteiger partial charge >= 0.3 is 0 Å². The summed E-state index contributed by atoms with van der Waals surface area (Å²) in [5, 5.41) is 4.45. The van der Waals surface area contributed by atoms with Crippen LogP contribution in [-0.2, 0) is 13.1 Å². The van der Waals surface area contributed by atoms with Gasteiger partial charge in [0.05, 0.1) is 6.54 Å². The summed E-state index contributed by atoms with van der Waals surface area (Å²) in [6, 6.07) is 14.1. The molecule has 4 nitrogen and oxygen atoms in total. The zero-order chi connectivity index (χ0) is 18.7. The number of halogens is 1. The Morgan fingerprint density at radius 1 is 1.15 bits per heavy atom. The quantitative estimate of drug-likeness (QED) is 0.692. The maximum atomic E-state index is 13.1. The van der Waals surface area contributed by atoms with Crippen LogP contribution >= 0.6 is 12.2 Å². The van der Waals surface area contributed by atoms with Gasteiger partial charge in [0.25, 0.3) is 5.56 Å². The van der Waals surface area contributed by atoms with Gasteiger partial charge in [0.1, 0.15) is 5.82 Å². The van der Waals surface area contributed by atoms with Gasteiger partial charge < -0.3 is 15.2 Å². The van der Waals surface area contributed by atoms with Crippen LogP contribution in [0.4, 0.5) is 4.39 Å². The summed E-state index contributed by atoms with van der Waals surface area (Å²) >= 11 is 5.39. The number of nitrogens with zero attached hydrogens (tertiary/aromatic N) is 1. The number of pyridine rings is 1. The predicted octanol–water partition coefficient (Wildman–Crippen LogP) is 3.48. The number of rotatable bonds is 4. The Morgan fingerprint density at radius 2 is 1.88 bits per heavy atom. The fourth-order valence-corrected chi connectivity index (χ4v) is 2.98. The van der Waals surface area contributed by atoms with Crippen molar-refractivity contribution in [3.8, 4) is 0 Å². The molecule has 0 bridgehead atoms. The molecule has 6 heteroatoms. The van der Waals surface area contributed by atoms with Crippen molar-refractivity contribution in [2.45, 2.75) is 20.0 Å². The molecule has 0 unspecified atom stereocenters. The maximum absolute atomic E-state index is 13.1. The third-order valence-corrected chi connectivity index (χ3v) is 4.69. The van der Waals surface area contributed by atoms with E-state index in [1.807, 2.05) is 36.1 Å². The van der Waals surface area contributed by atoms with Crippen molar-refractivity contribution >= 4 is 28.2 Å². The van der Waals surface area contributed by atoms with E-state index < -0.39 is 0 Å². The van der Waals surface area contributed by atoms with Crippen LogP contribution in [0.25, 0.3) is 10.9 Å². The van der Waals surface area contributed by atoms with E-state index in [1.165, 1.54) is 12.1 Å². The van der Waals surface area contributed by atoms with Crippen LogP contribution in [-0.4, -0.2) is 22.0 Å². The molecule has 3 aromatic rings. The predicted molar refractivity (Wildman–Crippen MR) is 107 cm³/mol. The topological polar surface area (TPSA) is 48.1 Å². The molecule has 0 fully saturated rings. The second-order valence-electron chi connectivity index (χ2n) is 6.25. The zero-order valence-electron chi connectivity index (χ0n) is 14.7. The summed E-state index contributed by atoms with van der Waals surface area (Å²) in [5.74, 6) is -0.280. The minimum atomic E-state index is -0.280. The number of benzene rings is 2. The maximum Gasteiger partial charge on any atom is 0.253 e. The Hall–Kier alpha value is -2.73. The van der Waals surface area contributed by atoms with Gasteiger partial charge in [-0.05, 0) is 59.9 Å². The van der Waals surface area contributed by atoms with Crippen LogP contribution in [0, 0.1) is 12.7 Å². The Bertz CT molecular complexity index is 998. The first-order chi connectivity index (χ1) is 12.5. The summed E-state index contributed by atoms with van der Waals surface area (Å²) in [6.45, 7) is 2.82. The van der Waals surface area contributed by atoms with Crippen LogP contribution in [0.5, 0.6) is 0 Å². The standard InChI is InChI=1S/C20H20FN3OS/c1-13-3-6-15-10-16(19(25)23-18(15)9-13)12-24(20(26)22-2)11-14-4-7-17(21)8-5-14/h3-10H,11-12H2,1-2H3,(H,22,26)(H,23,25). The number of aromatic amines is 1. The minimum Gasteiger partial charge on any atom is -0.366 e. The molecule has 134 valence electrons. The molecule has 0 aliphatic rings. The molecular weight excluding hydrogens is 349 g/mol. The van der Waals surface area contributed by atoms with Gasteiger partial charge in [-0.25, -0.2) is 4.39 Å². The van der Waals surface area contributed by atoms with Gasteiger partial charge in [-0.1, -0.05) is 24.3 Å². The van der Waals surface area contributed by atoms with E-state index in [4.69, 9.17) is 12.2 Å². The highest BCUT2D eigenvalue weighted by Gasteiger charge is 2.13. The van der Waals surface area contributed by atoms with E-state index in [-0.39, 0.29) is 11.4 Å². The third-order valence-electron chi connectivity index (χ3n) is 4.23. The van der Waals surface area contributed by atoms with Crippen molar-refractivity contribution in [3.05, 3.63) is 81.4 Å². The lowest BCUT2D eigenvalue weighted by Gasteiger charge is -2.25. The Morgan fingerprint density at radius 3 is 2.58 bits per heavy atom.